The van der Waals surface area contributed by atoms with E-state index in [9.17, 15) is 4.79 Å². The van der Waals surface area contributed by atoms with Crippen LogP contribution in [0.1, 0.15) is 27.8 Å². The van der Waals surface area contributed by atoms with Crippen molar-refractivity contribution in [2.45, 2.75) is 12.6 Å². The molecule has 1 atom stereocenters. The lowest BCUT2D eigenvalue weighted by Crippen LogP contribution is -2.46. The topological polar surface area (TPSA) is 62.2 Å². The van der Waals surface area contributed by atoms with Crippen LogP contribution in [0.15, 0.2) is 67.0 Å². The number of nitrogens with zero attached hydrogens (tertiary/aromatic N) is 3. The number of aryl methyl sites for hydroxylation is 1. The van der Waals surface area contributed by atoms with Gasteiger partial charge in [0.1, 0.15) is 5.82 Å². The van der Waals surface area contributed by atoms with Gasteiger partial charge in [-0.25, -0.2) is 4.98 Å². The van der Waals surface area contributed by atoms with Crippen molar-refractivity contribution in [2.24, 2.45) is 7.05 Å². The molecule has 6 heteroatoms. The molecule has 0 aliphatic carbocycles. The molecule has 0 bridgehead atoms. The van der Waals surface area contributed by atoms with E-state index in [2.05, 4.69) is 25.1 Å². The predicted octanol–water partition coefficient (Wildman–Crippen LogP) is 2.82. The standard InChI is InChI=1S/C22H25N5O/c1-26-13-12-24-21(26)20-15-23-11-14-27(20)16-17-7-9-18(10-8-17)22(28)25-19-5-3-2-4-6-19/h2-10,12-13,20,23H,11,14-16H2,1H3,(H,25,28). The van der Waals surface area contributed by atoms with E-state index in [1.54, 1.807) is 0 Å². The first kappa shape index (κ1) is 18.4. The number of carbonyl (C=O) groups is 1. The summed E-state index contributed by atoms with van der Waals surface area (Å²) in [6.45, 7) is 3.66. The molecule has 0 radical (unpaired) electrons. The van der Waals surface area contributed by atoms with Crippen LogP contribution in [0.25, 0.3) is 0 Å². The first-order chi connectivity index (χ1) is 13.7. The molecule has 0 saturated carbocycles. The van der Waals surface area contributed by atoms with Gasteiger partial charge in [-0.1, -0.05) is 30.3 Å². The summed E-state index contributed by atoms with van der Waals surface area (Å²) >= 11 is 0. The van der Waals surface area contributed by atoms with E-state index in [4.69, 9.17) is 0 Å². The quantitative estimate of drug-likeness (QED) is 0.720. The summed E-state index contributed by atoms with van der Waals surface area (Å²) < 4.78 is 2.09. The van der Waals surface area contributed by atoms with E-state index in [0.29, 0.717) is 5.56 Å². The van der Waals surface area contributed by atoms with Crippen LogP contribution >= 0.6 is 0 Å². The number of imidazole rings is 1. The molecule has 1 unspecified atom stereocenters. The van der Waals surface area contributed by atoms with Crippen molar-refractivity contribution in [3.63, 3.8) is 0 Å². The SMILES string of the molecule is Cn1ccnc1C1CNCCN1Cc1ccc(C(=O)Nc2ccccc2)cc1. The Labute approximate surface area is 165 Å². The number of amides is 1. The third kappa shape index (κ3) is 4.13. The van der Waals surface area contributed by atoms with Crippen LogP contribution in [0.5, 0.6) is 0 Å². The number of nitrogens with one attached hydrogen (secondary N) is 2. The Bertz CT molecular complexity index is 920. The van der Waals surface area contributed by atoms with Crippen molar-refractivity contribution in [3.05, 3.63) is 83.9 Å². The largest absolute Gasteiger partial charge is 0.337 e. The number of piperazine rings is 1. The molecular formula is C22H25N5O. The Morgan fingerprint density at radius 1 is 1.18 bits per heavy atom. The number of hydrogen-bond acceptors (Lipinski definition) is 4. The predicted molar refractivity (Wildman–Crippen MR) is 110 cm³/mol. The second-order valence-electron chi connectivity index (χ2n) is 7.10. The van der Waals surface area contributed by atoms with Crippen molar-refractivity contribution in [2.75, 3.05) is 25.0 Å². The maximum Gasteiger partial charge on any atom is 0.255 e. The van der Waals surface area contributed by atoms with Gasteiger partial charge in [0, 0.05) is 56.9 Å². The van der Waals surface area contributed by atoms with Gasteiger partial charge in [0.05, 0.1) is 6.04 Å². The van der Waals surface area contributed by atoms with E-state index in [-0.39, 0.29) is 11.9 Å². The summed E-state index contributed by atoms with van der Waals surface area (Å²) in [4.78, 5) is 19.4. The van der Waals surface area contributed by atoms with Gasteiger partial charge in [-0.3, -0.25) is 9.69 Å². The third-order valence-corrected chi connectivity index (χ3v) is 5.14. The molecule has 1 fully saturated rings. The Hall–Kier alpha value is -2.96. The van der Waals surface area contributed by atoms with Gasteiger partial charge in [0.15, 0.2) is 0 Å². The highest BCUT2D eigenvalue weighted by atomic mass is 16.1. The molecule has 2 heterocycles. The van der Waals surface area contributed by atoms with E-state index < -0.39 is 0 Å². The number of aromatic nitrogens is 2. The van der Waals surface area contributed by atoms with Crippen LogP contribution in [0.2, 0.25) is 0 Å². The van der Waals surface area contributed by atoms with E-state index in [1.807, 2.05) is 74.0 Å². The zero-order chi connectivity index (χ0) is 19.3. The summed E-state index contributed by atoms with van der Waals surface area (Å²) in [7, 11) is 2.04. The molecule has 1 aliphatic heterocycles. The number of carbonyl (C=O) groups excluding carboxylic acids is 1. The van der Waals surface area contributed by atoms with Crippen LogP contribution in [0.3, 0.4) is 0 Å². The van der Waals surface area contributed by atoms with E-state index in [1.165, 1.54) is 5.56 Å². The van der Waals surface area contributed by atoms with Gasteiger partial charge in [-0.2, -0.15) is 0 Å². The first-order valence-corrected chi connectivity index (χ1v) is 9.58. The molecule has 28 heavy (non-hydrogen) atoms. The minimum Gasteiger partial charge on any atom is -0.337 e. The highest BCUT2D eigenvalue weighted by Gasteiger charge is 2.26. The minimum absolute atomic E-state index is 0.0918. The molecule has 1 amide bonds. The number of hydrogen-bond donors (Lipinski definition) is 2. The van der Waals surface area contributed by atoms with Gasteiger partial charge in [0.25, 0.3) is 5.91 Å². The van der Waals surface area contributed by atoms with Crippen molar-refractivity contribution in [1.29, 1.82) is 0 Å². The van der Waals surface area contributed by atoms with E-state index in [0.717, 1.165) is 37.7 Å². The zero-order valence-corrected chi connectivity index (χ0v) is 16.0. The maximum atomic E-state index is 12.4. The van der Waals surface area contributed by atoms with Crippen molar-refractivity contribution < 1.29 is 4.79 Å². The lowest BCUT2D eigenvalue weighted by atomic mass is 10.1. The molecule has 2 aromatic carbocycles. The van der Waals surface area contributed by atoms with Crippen molar-refractivity contribution >= 4 is 11.6 Å². The highest BCUT2D eigenvalue weighted by molar-refractivity contribution is 6.04. The Morgan fingerprint density at radius 3 is 2.68 bits per heavy atom. The molecule has 4 rings (SSSR count). The number of benzene rings is 2. The molecule has 3 aromatic rings. The Kier molecular flexibility index (Phi) is 5.50. The molecule has 144 valence electrons. The van der Waals surface area contributed by atoms with Crippen LogP contribution in [-0.2, 0) is 13.6 Å². The van der Waals surface area contributed by atoms with Gasteiger partial charge in [-0.05, 0) is 29.8 Å². The zero-order valence-electron chi connectivity index (χ0n) is 16.0. The third-order valence-electron chi connectivity index (χ3n) is 5.14. The fourth-order valence-electron chi connectivity index (χ4n) is 3.61. The van der Waals surface area contributed by atoms with Gasteiger partial charge in [-0.15, -0.1) is 0 Å². The first-order valence-electron chi connectivity index (χ1n) is 9.58. The summed E-state index contributed by atoms with van der Waals surface area (Å²) in [5.41, 5.74) is 2.65. The van der Waals surface area contributed by atoms with Gasteiger partial charge >= 0.3 is 0 Å². The summed E-state index contributed by atoms with van der Waals surface area (Å²) in [6, 6.07) is 17.6. The van der Waals surface area contributed by atoms with Gasteiger partial charge < -0.3 is 15.2 Å². The van der Waals surface area contributed by atoms with Crippen LogP contribution < -0.4 is 10.6 Å². The summed E-state index contributed by atoms with van der Waals surface area (Å²) in [6.07, 6.45) is 3.84. The molecule has 2 N–H and O–H groups in total. The lowest BCUT2D eigenvalue weighted by Gasteiger charge is -2.35. The van der Waals surface area contributed by atoms with Crippen LogP contribution in [0, 0.1) is 0 Å². The molecule has 6 nitrogen and oxygen atoms in total. The Morgan fingerprint density at radius 2 is 1.96 bits per heavy atom. The monoisotopic (exact) mass is 375 g/mol. The average molecular weight is 375 g/mol. The van der Waals surface area contributed by atoms with Crippen molar-refractivity contribution in [1.82, 2.24) is 19.8 Å². The van der Waals surface area contributed by atoms with Crippen LogP contribution in [-0.4, -0.2) is 40.0 Å². The van der Waals surface area contributed by atoms with Crippen molar-refractivity contribution in [3.8, 4) is 0 Å². The number of anilines is 1. The fourth-order valence-corrected chi connectivity index (χ4v) is 3.61. The maximum absolute atomic E-state index is 12.4. The number of para-hydroxylation sites is 1. The number of rotatable bonds is 5. The second kappa shape index (κ2) is 8.37. The lowest BCUT2D eigenvalue weighted by molar-refractivity contribution is 0.102. The highest BCUT2D eigenvalue weighted by Crippen LogP contribution is 2.23. The molecule has 0 spiro atoms. The van der Waals surface area contributed by atoms with Crippen LogP contribution in [0.4, 0.5) is 5.69 Å². The minimum atomic E-state index is -0.0918. The average Bonchev–Trinajstić information content (AvgIpc) is 3.15. The van der Waals surface area contributed by atoms with Gasteiger partial charge in [0.2, 0.25) is 0 Å². The Balaban J connectivity index is 1.43. The smallest absolute Gasteiger partial charge is 0.255 e. The second-order valence-corrected chi connectivity index (χ2v) is 7.10. The fraction of sp³-hybridized carbons (Fsp3) is 0.273. The molecular weight excluding hydrogens is 350 g/mol. The molecule has 1 saturated heterocycles. The van der Waals surface area contributed by atoms with E-state index >= 15 is 0 Å². The molecule has 1 aromatic heterocycles. The molecule has 1 aliphatic rings. The summed E-state index contributed by atoms with van der Waals surface area (Å²) in [5, 5.41) is 6.39. The summed E-state index contributed by atoms with van der Waals surface area (Å²) in [5.74, 6) is 0.983. The normalized spacial score (nSPS) is 17.4.